The summed E-state index contributed by atoms with van der Waals surface area (Å²) in [5, 5.41) is 39.0. The second kappa shape index (κ2) is 263000. The molecular weight excluding hydrogens is 274 g/mol. The third-order valence-electron chi connectivity index (χ3n) is 0. The fraction of sp³-hybridized carbons (Fsp3) is 0. The van der Waals surface area contributed by atoms with Gasteiger partial charge in [0.2, 0.25) is 0 Å². The van der Waals surface area contributed by atoms with E-state index >= 15 is 0 Å². The van der Waals surface area contributed by atoms with Crippen LogP contribution in [0.15, 0.2) is 0 Å². The molecule has 0 radical (unpaired) electrons. The summed E-state index contributed by atoms with van der Waals surface area (Å²) in [5.41, 5.74) is 0. The number of nitriles is 6. The first-order valence-corrected chi connectivity index (χ1v) is 1.55. The van der Waals surface area contributed by atoms with Gasteiger partial charge in [-0.15, -0.1) is 0 Å². The Morgan fingerprint density at radius 1 is 0.400 bits per heavy atom. The monoisotopic (exact) mass is 282 g/mol. The van der Waals surface area contributed by atoms with Crippen LogP contribution in [0.3, 0.4) is 0 Å². The first-order valence-electron chi connectivity index (χ1n) is 1.55. The van der Waals surface area contributed by atoms with E-state index in [-0.39, 0.29) is 98.0 Å². The quantitative estimate of drug-likeness (QED) is 0.550. The molecule has 0 aromatic carbocycles. The topological polar surface area (TPSA) is 143 Å². The van der Waals surface area contributed by atoms with Crippen molar-refractivity contribution in [3.8, 4) is 39.4 Å². The van der Waals surface area contributed by atoms with Crippen molar-refractivity contribution in [2.45, 2.75) is 0 Å². The van der Waals surface area contributed by atoms with Crippen LogP contribution in [0, 0.1) is 71.0 Å². The molecule has 0 rings (SSSR count). The van der Waals surface area contributed by atoms with Crippen molar-refractivity contribution in [3.05, 3.63) is 0 Å². The van der Waals surface area contributed by atoms with E-state index in [1.54, 1.807) is 0 Å². The van der Waals surface area contributed by atoms with E-state index in [4.69, 9.17) is 31.6 Å². The van der Waals surface area contributed by atoms with Gasteiger partial charge in [-0.3, -0.25) is 0 Å². The number of rotatable bonds is 0. The van der Waals surface area contributed by atoms with Crippen LogP contribution in [-0.4, -0.2) is 80.9 Å². The van der Waals surface area contributed by atoms with Crippen molar-refractivity contribution in [1.82, 2.24) is 0 Å². The van der Waals surface area contributed by atoms with Gasteiger partial charge >= 0.3 is 80.9 Å². The van der Waals surface area contributed by atoms with Gasteiger partial charge in [0.15, 0.2) is 0 Å². The van der Waals surface area contributed by atoms with Crippen molar-refractivity contribution in [3.63, 3.8) is 0 Å². The first kappa shape index (κ1) is 80.7. The van der Waals surface area contributed by atoms with Crippen LogP contribution >= 0.6 is 0 Å². The number of hydrogen-bond donors (Lipinski definition) is 0. The fourth-order valence-corrected chi connectivity index (χ4v) is 0. The predicted octanol–water partition coefficient (Wildman–Crippen LogP) is -0.461. The molecule has 72 valence electrons. The Morgan fingerprint density at radius 2 is 0.400 bits per heavy atom. The molecule has 0 aliphatic rings. The van der Waals surface area contributed by atoms with E-state index in [1.165, 1.54) is 0 Å². The fourth-order valence-electron chi connectivity index (χ4n) is 0. The van der Waals surface area contributed by atoms with Crippen molar-refractivity contribution in [2.24, 2.45) is 0 Å². The van der Waals surface area contributed by atoms with E-state index in [0.29, 0.717) is 0 Å². The van der Waals surface area contributed by atoms with Crippen LogP contribution in [-0.2, 0) is 17.1 Å². The second-order valence-electron chi connectivity index (χ2n) is 0. The van der Waals surface area contributed by atoms with Gasteiger partial charge in [0.25, 0.3) is 0 Å². The van der Waals surface area contributed by atoms with Gasteiger partial charge in [-0.2, -0.15) is 0 Å². The van der Waals surface area contributed by atoms with Crippen LogP contribution in [0.5, 0.6) is 0 Å². The van der Waals surface area contributed by atoms with Gasteiger partial charge in [-0.25, -0.2) is 31.6 Å². The molecular formula is C6H8FeKN6Na. The molecule has 0 aromatic rings. The zero-order chi connectivity index (χ0) is 12.0. The van der Waals surface area contributed by atoms with Gasteiger partial charge in [-0.1, -0.05) is 0 Å². The summed E-state index contributed by atoms with van der Waals surface area (Å²) in [4.78, 5) is 0. The average molecular weight is 282 g/mol. The molecule has 0 saturated heterocycles. The Kier molecular flexibility index (Phi) is 1420000. The summed E-state index contributed by atoms with van der Waals surface area (Å²) in [7, 11) is 0. The molecule has 0 N–H and O–H groups in total. The Hall–Kier alpha value is 0.0958. The molecule has 0 unspecified atom stereocenters. The molecule has 0 amide bonds. The summed E-state index contributed by atoms with van der Waals surface area (Å²) < 4.78 is 0. The van der Waals surface area contributed by atoms with Crippen molar-refractivity contribution >= 4 is 80.9 Å². The molecule has 0 spiro atoms. The summed E-state index contributed by atoms with van der Waals surface area (Å²) >= 11 is 0. The molecule has 0 aromatic heterocycles. The molecule has 9 heteroatoms. The summed E-state index contributed by atoms with van der Waals surface area (Å²) in [6.07, 6.45) is 0. The van der Waals surface area contributed by atoms with Gasteiger partial charge in [0, 0.05) is 56.5 Å². The van der Waals surface area contributed by atoms with Crippen molar-refractivity contribution in [1.29, 1.82) is 31.6 Å². The summed E-state index contributed by atoms with van der Waals surface area (Å²) in [5.74, 6) is 0. The minimum absolute atomic E-state index is 0. The van der Waals surface area contributed by atoms with E-state index in [0.717, 1.165) is 0 Å². The van der Waals surface area contributed by atoms with E-state index in [2.05, 4.69) is 39.4 Å². The van der Waals surface area contributed by atoms with Crippen LogP contribution in [0.1, 0.15) is 0 Å². The van der Waals surface area contributed by atoms with Crippen LogP contribution in [0.25, 0.3) is 0 Å². The maximum atomic E-state index is 6.50. The van der Waals surface area contributed by atoms with E-state index in [1.807, 2.05) is 0 Å². The van der Waals surface area contributed by atoms with Gasteiger partial charge in [0.05, 0.1) is 0 Å². The first-order chi connectivity index (χ1) is 6.00. The Balaban J connectivity index is -0.00000000396. The number of hydrogen-bond acceptors (Lipinski definition) is 6. The Bertz CT molecular complexity index is 103. The molecule has 0 bridgehead atoms. The molecule has 0 fully saturated rings. The van der Waals surface area contributed by atoms with Crippen molar-refractivity contribution in [2.75, 3.05) is 0 Å². The van der Waals surface area contributed by atoms with Crippen LogP contribution in [0.4, 0.5) is 0 Å². The maximum absolute atomic E-state index is 6.50. The summed E-state index contributed by atoms with van der Waals surface area (Å²) in [6.45, 7) is 21.0. The normalized spacial score (nSPS) is 0.800. The van der Waals surface area contributed by atoms with Crippen LogP contribution in [0.2, 0.25) is 0 Å². The van der Waals surface area contributed by atoms with E-state index < -0.39 is 0 Å². The van der Waals surface area contributed by atoms with Gasteiger partial charge < -0.3 is 0 Å². The molecule has 0 aliphatic heterocycles. The van der Waals surface area contributed by atoms with E-state index in [9.17, 15) is 0 Å². The summed E-state index contributed by atoms with van der Waals surface area (Å²) in [6, 6.07) is 0. The van der Waals surface area contributed by atoms with Crippen LogP contribution < -0.4 is 0 Å². The zero-order valence-corrected chi connectivity index (χ0v) is 7.61. The second-order valence-corrected chi connectivity index (χ2v) is 0. The molecule has 6 nitrogen and oxygen atoms in total. The van der Waals surface area contributed by atoms with Gasteiger partial charge in [0.1, 0.15) is 0 Å². The standard InChI is InChI=1S/6CHN.Fe.K.Na.2H/c6*1-2;;;;;/h6*1H;;;;;. The molecule has 0 aliphatic carbocycles. The third-order valence-corrected chi connectivity index (χ3v) is 0. The molecule has 0 atom stereocenters. The third kappa shape index (κ3) is 225000. The Labute approximate surface area is 166 Å². The molecule has 15 heavy (non-hydrogen) atoms. The Morgan fingerprint density at radius 3 is 0.400 bits per heavy atom. The predicted molar refractivity (Wildman–Crippen MR) is 54.3 cm³/mol. The number of nitrogens with zero attached hydrogens (tertiary/aromatic N) is 6. The SMILES string of the molecule is C#N.C#N.C#N.C#N.C#N.C#N.[Fe].[KH].[NaH]. The average Bonchev–Trinajstić information content (AvgIpc) is 2.33. The molecule has 0 heterocycles. The van der Waals surface area contributed by atoms with Crippen molar-refractivity contribution < 1.29 is 17.1 Å². The molecule has 0 saturated carbocycles. The van der Waals surface area contributed by atoms with Gasteiger partial charge in [-0.05, 0) is 0 Å². The minimum atomic E-state index is 0. The zero-order valence-electron chi connectivity index (χ0n) is 6.50.